The highest BCUT2D eigenvalue weighted by Gasteiger charge is 2.14. The van der Waals surface area contributed by atoms with E-state index in [2.05, 4.69) is 11.4 Å². The lowest BCUT2D eigenvalue weighted by Gasteiger charge is -2.22. The van der Waals surface area contributed by atoms with Crippen LogP contribution in [0.3, 0.4) is 0 Å². The predicted molar refractivity (Wildman–Crippen MR) is 68.3 cm³/mol. The van der Waals surface area contributed by atoms with Gasteiger partial charge in [0.1, 0.15) is 0 Å². The SMILES string of the molecule is CC(O)CC(C)NC(CC#N)c1ccccc1. The molecular weight excluding hydrogens is 212 g/mol. The molecule has 0 heterocycles. The van der Waals surface area contributed by atoms with Crippen molar-refractivity contribution < 1.29 is 5.11 Å². The normalized spacial score (nSPS) is 15.9. The lowest BCUT2D eigenvalue weighted by Crippen LogP contribution is -2.32. The molecule has 3 atom stereocenters. The van der Waals surface area contributed by atoms with Crippen LogP contribution in [-0.2, 0) is 0 Å². The van der Waals surface area contributed by atoms with Crippen LogP contribution in [0, 0.1) is 11.3 Å². The molecule has 0 aliphatic rings. The molecule has 0 aromatic heterocycles. The van der Waals surface area contributed by atoms with Gasteiger partial charge in [-0.05, 0) is 25.8 Å². The molecule has 2 N–H and O–H groups in total. The van der Waals surface area contributed by atoms with E-state index in [1.54, 1.807) is 6.92 Å². The van der Waals surface area contributed by atoms with Crippen molar-refractivity contribution in [3.8, 4) is 6.07 Å². The number of hydrogen-bond donors (Lipinski definition) is 2. The van der Waals surface area contributed by atoms with Crippen molar-refractivity contribution in [2.75, 3.05) is 0 Å². The Morgan fingerprint density at radius 2 is 1.94 bits per heavy atom. The van der Waals surface area contributed by atoms with Gasteiger partial charge in [-0.1, -0.05) is 30.3 Å². The van der Waals surface area contributed by atoms with Crippen molar-refractivity contribution in [2.45, 2.75) is 44.9 Å². The fraction of sp³-hybridized carbons (Fsp3) is 0.500. The monoisotopic (exact) mass is 232 g/mol. The Balaban J connectivity index is 2.64. The van der Waals surface area contributed by atoms with Crippen LogP contribution in [0.25, 0.3) is 0 Å². The van der Waals surface area contributed by atoms with Gasteiger partial charge in [0.2, 0.25) is 0 Å². The van der Waals surface area contributed by atoms with E-state index in [0.717, 1.165) is 5.56 Å². The lowest BCUT2D eigenvalue weighted by molar-refractivity contribution is 0.168. The summed E-state index contributed by atoms with van der Waals surface area (Å²) in [5, 5.41) is 21.6. The molecule has 3 unspecified atom stereocenters. The van der Waals surface area contributed by atoms with Gasteiger partial charge in [-0.2, -0.15) is 5.26 Å². The van der Waals surface area contributed by atoms with Gasteiger partial charge in [-0.25, -0.2) is 0 Å². The molecule has 0 saturated carbocycles. The van der Waals surface area contributed by atoms with Gasteiger partial charge in [0, 0.05) is 12.1 Å². The number of nitrogens with zero attached hydrogens (tertiary/aromatic N) is 1. The minimum Gasteiger partial charge on any atom is -0.393 e. The molecule has 92 valence electrons. The summed E-state index contributed by atoms with van der Waals surface area (Å²) in [6.45, 7) is 3.81. The zero-order valence-corrected chi connectivity index (χ0v) is 10.4. The molecule has 0 bridgehead atoms. The van der Waals surface area contributed by atoms with Crippen molar-refractivity contribution in [1.29, 1.82) is 5.26 Å². The van der Waals surface area contributed by atoms with Crippen molar-refractivity contribution in [2.24, 2.45) is 0 Å². The Hall–Kier alpha value is -1.37. The summed E-state index contributed by atoms with van der Waals surface area (Å²) in [4.78, 5) is 0. The number of nitriles is 1. The first-order chi connectivity index (χ1) is 8.13. The molecule has 3 heteroatoms. The van der Waals surface area contributed by atoms with Crippen molar-refractivity contribution in [3.05, 3.63) is 35.9 Å². The second-order valence-corrected chi connectivity index (χ2v) is 4.48. The highest BCUT2D eigenvalue weighted by atomic mass is 16.3. The average molecular weight is 232 g/mol. The maximum Gasteiger partial charge on any atom is 0.0641 e. The van der Waals surface area contributed by atoms with Crippen LogP contribution < -0.4 is 5.32 Å². The van der Waals surface area contributed by atoms with Crippen molar-refractivity contribution >= 4 is 0 Å². The summed E-state index contributed by atoms with van der Waals surface area (Å²) >= 11 is 0. The van der Waals surface area contributed by atoms with Crippen LogP contribution in [0.4, 0.5) is 0 Å². The number of nitrogens with one attached hydrogen (secondary N) is 1. The van der Waals surface area contributed by atoms with E-state index in [1.165, 1.54) is 0 Å². The molecule has 3 nitrogen and oxygen atoms in total. The summed E-state index contributed by atoms with van der Waals surface area (Å²) in [5.41, 5.74) is 1.12. The molecule has 1 rings (SSSR count). The largest absolute Gasteiger partial charge is 0.393 e. The molecule has 1 aromatic rings. The molecule has 0 amide bonds. The molecule has 1 aromatic carbocycles. The Morgan fingerprint density at radius 1 is 1.29 bits per heavy atom. The van der Waals surface area contributed by atoms with E-state index in [4.69, 9.17) is 5.26 Å². The standard InChI is InChI=1S/C14H20N2O/c1-11(10-12(2)17)16-14(8-9-15)13-6-4-3-5-7-13/h3-7,11-12,14,16-17H,8,10H2,1-2H3. The van der Waals surface area contributed by atoms with Crippen LogP contribution in [0.15, 0.2) is 30.3 Å². The van der Waals surface area contributed by atoms with E-state index < -0.39 is 0 Å². The summed E-state index contributed by atoms with van der Waals surface area (Å²) < 4.78 is 0. The Kier molecular flexibility index (Phi) is 5.68. The fourth-order valence-corrected chi connectivity index (χ4v) is 1.97. The van der Waals surface area contributed by atoms with Crippen LogP contribution in [0.1, 0.15) is 38.3 Å². The van der Waals surface area contributed by atoms with Gasteiger partial charge in [0.05, 0.1) is 18.6 Å². The highest BCUT2D eigenvalue weighted by molar-refractivity contribution is 5.20. The van der Waals surface area contributed by atoms with E-state index in [-0.39, 0.29) is 18.2 Å². The summed E-state index contributed by atoms with van der Waals surface area (Å²) in [6.07, 6.45) is 0.805. The molecule has 0 fully saturated rings. The molecule has 0 radical (unpaired) electrons. The number of aliphatic hydroxyl groups is 1. The van der Waals surface area contributed by atoms with Crippen LogP contribution in [0.2, 0.25) is 0 Å². The third-order valence-corrected chi connectivity index (χ3v) is 2.68. The molecule has 0 spiro atoms. The van der Waals surface area contributed by atoms with Gasteiger partial charge >= 0.3 is 0 Å². The number of rotatable bonds is 6. The minimum atomic E-state index is -0.323. The van der Waals surface area contributed by atoms with Gasteiger partial charge in [-0.3, -0.25) is 0 Å². The second kappa shape index (κ2) is 7.05. The van der Waals surface area contributed by atoms with E-state index in [0.29, 0.717) is 12.8 Å². The molecular formula is C14H20N2O. The zero-order chi connectivity index (χ0) is 12.7. The van der Waals surface area contributed by atoms with Gasteiger partial charge in [-0.15, -0.1) is 0 Å². The summed E-state index contributed by atoms with van der Waals surface area (Å²) in [6, 6.07) is 12.4. The van der Waals surface area contributed by atoms with Crippen LogP contribution in [0.5, 0.6) is 0 Å². The zero-order valence-electron chi connectivity index (χ0n) is 10.4. The van der Waals surface area contributed by atoms with Crippen LogP contribution in [-0.4, -0.2) is 17.3 Å². The maximum atomic E-state index is 9.33. The summed E-state index contributed by atoms with van der Waals surface area (Å²) in [5.74, 6) is 0. The number of benzene rings is 1. The van der Waals surface area contributed by atoms with Crippen LogP contribution >= 0.6 is 0 Å². The second-order valence-electron chi connectivity index (χ2n) is 4.48. The van der Waals surface area contributed by atoms with E-state index in [1.807, 2.05) is 37.3 Å². The Labute approximate surface area is 103 Å². The van der Waals surface area contributed by atoms with E-state index >= 15 is 0 Å². The Bertz CT molecular complexity index is 356. The molecule has 17 heavy (non-hydrogen) atoms. The molecule has 0 aliphatic carbocycles. The van der Waals surface area contributed by atoms with E-state index in [9.17, 15) is 5.11 Å². The predicted octanol–water partition coefficient (Wildman–Crippen LogP) is 2.39. The number of aliphatic hydroxyl groups excluding tert-OH is 1. The Morgan fingerprint density at radius 3 is 2.47 bits per heavy atom. The van der Waals surface area contributed by atoms with Gasteiger partial charge < -0.3 is 10.4 Å². The minimum absolute atomic E-state index is 0.0370. The smallest absolute Gasteiger partial charge is 0.0641 e. The fourth-order valence-electron chi connectivity index (χ4n) is 1.97. The number of hydrogen-bond acceptors (Lipinski definition) is 3. The first-order valence-electron chi connectivity index (χ1n) is 5.99. The van der Waals surface area contributed by atoms with Crippen molar-refractivity contribution in [3.63, 3.8) is 0 Å². The molecule has 0 aliphatic heterocycles. The first-order valence-corrected chi connectivity index (χ1v) is 5.99. The molecule has 0 saturated heterocycles. The highest BCUT2D eigenvalue weighted by Crippen LogP contribution is 2.17. The van der Waals surface area contributed by atoms with Crippen molar-refractivity contribution in [1.82, 2.24) is 5.32 Å². The lowest BCUT2D eigenvalue weighted by atomic mass is 10.0. The van der Waals surface area contributed by atoms with Gasteiger partial charge in [0.25, 0.3) is 0 Å². The average Bonchev–Trinajstić information content (AvgIpc) is 2.28. The topological polar surface area (TPSA) is 56.0 Å². The quantitative estimate of drug-likeness (QED) is 0.791. The first kappa shape index (κ1) is 13.7. The maximum absolute atomic E-state index is 9.33. The summed E-state index contributed by atoms with van der Waals surface area (Å²) in [7, 11) is 0. The van der Waals surface area contributed by atoms with Gasteiger partial charge in [0.15, 0.2) is 0 Å². The third kappa shape index (κ3) is 4.99. The third-order valence-electron chi connectivity index (χ3n) is 2.68.